The Balaban J connectivity index is 1.98. The van der Waals surface area contributed by atoms with E-state index in [1.807, 2.05) is 13.8 Å². The third kappa shape index (κ3) is 4.53. The molecule has 0 aliphatic carbocycles. The number of β-amino-alcohol motifs (C(OH)–C–C–N with tert-alkyl or cyclic N) is 1. The van der Waals surface area contributed by atoms with Crippen molar-refractivity contribution in [1.29, 1.82) is 0 Å². The van der Waals surface area contributed by atoms with Crippen molar-refractivity contribution in [1.82, 2.24) is 4.90 Å². The molecule has 2 atom stereocenters. The van der Waals surface area contributed by atoms with Gasteiger partial charge in [-0.25, -0.2) is 0 Å². The first-order valence-electron chi connectivity index (χ1n) is 8.08. The molecule has 1 aliphatic rings. The third-order valence-electron chi connectivity index (χ3n) is 4.35. The van der Waals surface area contributed by atoms with Crippen LogP contribution in [-0.2, 0) is 4.74 Å². The number of benzene rings is 1. The van der Waals surface area contributed by atoms with Gasteiger partial charge in [0.15, 0.2) is 0 Å². The summed E-state index contributed by atoms with van der Waals surface area (Å²) in [4.78, 5) is 2.40. The number of hydrogen-bond acceptors (Lipinski definition) is 3. The fourth-order valence-corrected chi connectivity index (χ4v) is 3.02. The lowest BCUT2D eigenvalue weighted by Crippen LogP contribution is -2.35. The predicted octanol–water partition coefficient (Wildman–Crippen LogP) is 3.23. The van der Waals surface area contributed by atoms with Crippen LogP contribution in [0.25, 0.3) is 0 Å². The van der Waals surface area contributed by atoms with Crippen LogP contribution in [0.2, 0.25) is 0 Å². The highest BCUT2D eigenvalue weighted by molar-refractivity contribution is 5.32. The van der Waals surface area contributed by atoms with Gasteiger partial charge in [0.05, 0.1) is 18.8 Å². The second kappa shape index (κ2) is 7.39. The summed E-state index contributed by atoms with van der Waals surface area (Å²) in [6.07, 6.45) is 2.16. The first-order valence-corrected chi connectivity index (χ1v) is 8.08. The Labute approximate surface area is 128 Å². The number of aliphatic hydroxyl groups is 1. The lowest BCUT2D eigenvalue weighted by atomic mass is 9.99. The summed E-state index contributed by atoms with van der Waals surface area (Å²) in [6, 6.07) is 7.19. The molecule has 1 aromatic carbocycles. The molecule has 3 heteroatoms. The largest absolute Gasteiger partial charge is 0.389 e. The highest BCUT2D eigenvalue weighted by Gasteiger charge is 2.27. The molecule has 0 amide bonds. The maximum atomic E-state index is 10.2. The molecular formula is C18H29NO2. The normalized spacial score (nSPS) is 21.1. The Kier molecular flexibility index (Phi) is 5.80. The van der Waals surface area contributed by atoms with E-state index in [-0.39, 0.29) is 6.10 Å². The first-order chi connectivity index (χ1) is 9.97. The minimum atomic E-state index is -0.403. The van der Waals surface area contributed by atoms with Gasteiger partial charge in [-0.3, -0.25) is 4.90 Å². The highest BCUT2D eigenvalue weighted by atomic mass is 16.5. The van der Waals surface area contributed by atoms with Gasteiger partial charge >= 0.3 is 0 Å². The standard InChI is InChI=1S/C18H29NO2/c1-13(2)21-12-17(20)11-19-9-5-6-18(19)16-8-7-14(3)15(4)10-16/h7-8,10,13,17-18,20H,5-6,9,11-12H2,1-4H3. The molecule has 0 saturated carbocycles. The molecule has 1 aliphatic heterocycles. The summed E-state index contributed by atoms with van der Waals surface area (Å²) in [5, 5.41) is 10.2. The molecule has 0 spiro atoms. The average Bonchev–Trinajstić information content (AvgIpc) is 2.87. The zero-order valence-electron chi connectivity index (χ0n) is 13.8. The smallest absolute Gasteiger partial charge is 0.0900 e. The van der Waals surface area contributed by atoms with E-state index in [0.717, 1.165) is 6.54 Å². The topological polar surface area (TPSA) is 32.7 Å². The summed E-state index contributed by atoms with van der Waals surface area (Å²) in [5.41, 5.74) is 4.07. The molecule has 0 aromatic heterocycles. The van der Waals surface area contributed by atoms with Crippen molar-refractivity contribution in [2.45, 2.75) is 58.8 Å². The van der Waals surface area contributed by atoms with Gasteiger partial charge in [0.2, 0.25) is 0 Å². The van der Waals surface area contributed by atoms with Crippen LogP contribution in [0.4, 0.5) is 0 Å². The lowest BCUT2D eigenvalue weighted by Gasteiger charge is -2.27. The maximum absolute atomic E-state index is 10.2. The number of hydrogen-bond donors (Lipinski definition) is 1. The second-order valence-corrected chi connectivity index (χ2v) is 6.53. The molecule has 1 heterocycles. The molecule has 0 radical (unpaired) electrons. The van der Waals surface area contributed by atoms with Crippen LogP contribution in [0, 0.1) is 13.8 Å². The van der Waals surface area contributed by atoms with E-state index in [9.17, 15) is 5.11 Å². The van der Waals surface area contributed by atoms with Crippen molar-refractivity contribution < 1.29 is 9.84 Å². The molecule has 1 fully saturated rings. The van der Waals surface area contributed by atoms with E-state index < -0.39 is 6.10 Å². The van der Waals surface area contributed by atoms with E-state index >= 15 is 0 Å². The van der Waals surface area contributed by atoms with Crippen molar-refractivity contribution in [3.8, 4) is 0 Å². The van der Waals surface area contributed by atoms with Gasteiger partial charge in [-0.2, -0.15) is 0 Å². The van der Waals surface area contributed by atoms with E-state index in [1.54, 1.807) is 0 Å². The van der Waals surface area contributed by atoms with Gasteiger partial charge < -0.3 is 9.84 Å². The van der Waals surface area contributed by atoms with Gasteiger partial charge in [-0.1, -0.05) is 18.2 Å². The molecule has 2 unspecified atom stereocenters. The SMILES string of the molecule is Cc1ccc(C2CCCN2CC(O)COC(C)C)cc1C. The fourth-order valence-electron chi connectivity index (χ4n) is 3.02. The number of rotatable bonds is 6. The van der Waals surface area contributed by atoms with Crippen molar-refractivity contribution in [2.75, 3.05) is 19.7 Å². The van der Waals surface area contributed by atoms with Crippen LogP contribution in [0.3, 0.4) is 0 Å². The first kappa shape index (κ1) is 16.5. The van der Waals surface area contributed by atoms with Crippen LogP contribution >= 0.6 is 0 Å². The molecule has 118 valence electrons. The maximum Gasteiger partial charge on any atom is 0.0900 e. The molecule has 0 bridgehead atoms. The quantitative estimate of drug-likeness (QED) is 0.873. The molecule has 1 N–H and O–H groups in total. The van der Waals surface area contributed by atoms with E-state index in [4.69, 9.17) is 4.74 Å². The minimum Gasteiger partial charge on any atom is -0.389 e. The summed E-state index contributed by atoms with van der Waals surface area (Å²) < 4.78 is 5.51. The fraction of sp³-hybridized carbons (Fsp3) is 0.667. The van der Waals surface area contributed by atoms with Crippen molar-refractivity contribution in [3.05, 3.63) is 34.9 Å². The van der Waals surface area contributed by atoms with Crippen molar-refractivity contribution >= 4 is 0 Å². The Morgan fingerprint density at radius 3 is 2.71 bits per heavy atom. The van der Waals surface area contributed by atoms with E-state index in [0.29, 0.717) is 19.2 Å². The minimum absolute atomic E-state index is 0.175. The Morgan fingerprint density at radius 2 is 2.05 bits per heavy atom. The number of likely N-dealkylation sites (tertiary alicyclic amines) is 1. The van der Waals surface area contributed by atoms with Crippen molar-refractivity contribution in [2.24, 2.45) is 0 Å². The number of aryl methyl sites for hydroxylation is 2. The van der Waals surface area contributed by atoms with E-state index in [2.05, 4.69) is 36.9 Å². The number of aliphatic hydroxyl groups excluding tert-OH is 1. The molecule has 2 rings (SSSR count). The van der Waals surface area contributed by atoms with Gasteiger partial charge in [0.25, 0.3) is 0 Å². The Morgan fingerprint density at radius 1 is 1.29 bits per heavy atom. The number of nitrogens with zero attached hydrogens (tertiary/aromatic N) is 1. The van der Waals surface area contributed by atoms with Crippen LogP contribution in [0.15, 0.2) is 18.2 Å². The molecule has 1 aromatic rings. The van der Waals surface area contributed by atoms with Gasteiger partial charge in [-0.05, 0) is 63.8 Å². The molecule has 1 saturated heterocycles. The van der Waals surface area contributed by atoms with Crippen LogP contribution in [0.5, 0.6) is 0 Å². The zero-order valence-corrected chi connectivity index (χ0v) is 13.8. The predicted molar refractivity (Wildman–Crippen MR) is 86.6 cm³/mol. The molecular weight excluding hydrogens is 262 g/mol. The monoisotopic (exact) mass is 291 g/mol. The highest BCUT2D eigenvalue weighted by Crippen LogP contribution is 2.32. The average molecular weight is 291 g/mol. The molecule has 21 heavy (non-hydrogen) atoms. The molecule has 3 nitrogen and oxygen atoms in total. The second-order valence-electron chi connectivity index (χ2n) is 6.53. The lowest BCUT2D eigenvalue weighted by molar-refractivity contribution is -0.0101. The van der Waals surface area contributed by atoms with Gasteiger partial charge in [-0.15, -0.1) is 0 Å². The summed E-state index contributed by atoms with van der Waals surface area (Å²) in [7, 11) is 0. The van der Waals surface area contributed by atoms with Crippen LogP contribution in [-0.4, -0.2) is 41.9 Å². The summed E-state index contributed by atoms with van der Waals surface area (Å²) in [6.45, 7) is 10.5. The summed E-state index contributed by atoms with van der Waals surface area (Å²) >= 11 is 0. The van der Waals surface area contributed by atoms with Crippen LogP contribution in [0.1, 0.15) is 49.4 Å². The Bertz CT molecular complexity index is 459. The summed E-state index contributed by atoms with van der Waals surface area (Å²) in [5.74, 6) is 0. The third-order valence-corrected chi connectivity index (χ3v) is 4.35. The van der Waals surface area contributed by atoms with E-state index in [1.165, 1.54) is 29.5 Å². The number of ether oxygens (including phenoxy) is 1. The van der Waals surface area contributed by atoms with Crippen molar-refractivity contribution in [3.63, 3.8) is 0 Å². The zero-order chi connectivity index (χ0) is 15.4. The van der Waals surface area contributed by atoms with Crippen LogP contribution < -0.4 is 0 Å². The van der Waals surface area contributed by atoms with Gasteiger partial charge in [0, 0.05) is 12.6 Å². The van der Waals surface area contributed by atoms with Gasteiger partial charge in [0.1, 0.15) is 0 Å². The Hall–Kier alpha value is -0.900.